The van der Waals surface area contributed by atoms with E-state index in [1.165, 1.54) is 6.92 Å². The number of esters is 1. The maximum atomic E-state index is 13.5. The van der Waals surface area contributed by atoms with Crippen LogP contribution in [0, 0.1) is 12.8 Å². The molecule has 1 aliphatic rings. The normalized spacial score (nSPS) is 27.2. The molecule has 0 aromatic heterocycles. The third-order valence-corrected chi connectivity index (χ3v) is 4.00. The molecule has 0 spiro atoms. The number of halogens is 3. The Morgan fingerprint density at radius 1 is 1.38 bits per heavy atom. The number of hydrogen-bond donors (Lipinski definition) is 3. The van der Waals surface area contributed by atoms with E-state index in [4.69, 9.17) is 17.0 Å². The molecule has 0 amide bonds. The molecule has 0 radical (unpaired) electrons. The third kappa shape index (κ3) is 3.32. The first-order chi connectivity index (χ1) is 11.1. The van der Waals surface area contributed by atoms with Crippen molar-refractivity contribution >= 4 is 23.3 Å². The summed E-state index contributed by atoms with van der Waals surface area (Å²) >= 11 is 4.80. The molecular weight excluding hydrogens is 345 g/mol. The van der Waals surface area contributed by atoms with Gasteiger partial charge in [-0.05, 0) is 31.6 Å². The Labute approximate surface area is 142 Å². The van der Waals surface area contributed by atoms with Crippen LogP contribution >= 0.6 is 12.2 Å². The van der Waals surface area contributed by atoms with Gasteiger partial charge in [0.2, 0.25) is 0 Å². The van der Waals surface area contributed by atoms with Gasteiger partial charge in [0.25, 0.3) is 5.72 Å². The second-order valence-corrected chi connectivity index (χ2v) is 5.89. The number of carbonyl (C=O) groups excluding carboxylic acids is 1. The van der Waals surface area contributed by atoms with Crippen LogP contribution in [0.15, 0.2) is 24.3 Å². The molecule has 9 heteroatoms. The molecule has 1 aliphatic heterocycles. The number of aliphatic hydroxyl groups is 1. The van der Waals surface area contributed by atoms with Crippen molar-refractivity contribution < 1.29 is 27.8 Å². The molecule has 132 valence electrons. The summed E-state index contributed by atoms with van der Waals surface area (Å²) in [6.45, 7) is 3.17. The summed E-state index contributed by atoms with van der Waals surface area (Å²) in [5.41, 5.74) is -2.25. The van der Waals surface area contributed by atoms with Crippen molar-refractivity contribution in [1.29, 1.82) is 0 Å². The quantitative estimate of drug-likeness (QED) is 0.564. The summed E-state index contributed by atoms with van der Waals surface area (Å²) in [4.78, 5) is 12.2. The zero-order chi connectivity index (χ0) is 18.1. The fourth-order valence-corrected chi connectivity index (χ4v) is 2.87. The van der Waals surface area contributed by atoms with Gasteiger partial charge in [-0.15, -0.1) is 0 Å². The minimum Gasteiger partial charge on any atom is -0.466 e. The fourth-order valence-electron chi connectivity index (χ4n) is 2.59. The van der Waals surface area contributed by atoms with E-state index in [1.54, 1.807) is 29.6 Å². The Morgan fingerprint density at radius 2 is 1.96 bits per heavy atom. The van der Waals surface area contributed by atoms with E-state index < -0.39 is 34.9 Å². The van der Waals surface area contributed by atoms with Crippen molar-refractivity contribution in [2.24, 2.45) is 5.92 Å². The number of ether oxygens (including phenoxy) is 1. The molecule has 1 fully saturated rings. The zero-order valence-corrected chi connectivity index (χ0v) is 13.8. The lowest BCUT2D eigenvalue weighted by Crippen LogP contribution is -2.73. The number of rotatable bonds is 3. The molecule has 3 atom stereocenters. The average molecular weight is 362 g/mol. The third-order valence-electron chi connectivity index (χ3n) is 3.78. The fraction of sp³-hybridized carbons (Fsp3) is 0.467. The van der Waals surface area contributed by atoms with Crippen molar-refractivity contribution in [1.82, 2.24) is 10.6 Å². The molecule has 0 aliphatic carbocycles. The number of carbonyl (C=O) groups is 1. The Hall–Kier alpha value is -1.87. The summed E-state index contributed by atoms with van der Waals surface area (Å²) in [6.07, 6.45) is -5.14. The lowest BCUT2D eigenvalue weighted by atomic mass is 9.82. The molecule has 1 aromatic carbocycles. The summed E-state index contributed by atoms with van der Waals surface area (Å²) in [6, 6.07) is 5.34. The van der Waals surface area contributed by atoms with Crippen LogP contribution in [-0.4, -0.2) is 34.7 Å². The van der Waals surface area contributed by atoms with Crippen LogP contribution in [0.5, 0.6) is 0 Å². The van der Waals surface area contributed by atoms with Gasteiger partial charge in [-0.2, -0.15) is 13.2 Å². The lowest BCUT2D eigenvalue weighted by molar-refractivity contribution is -0.292. The number of alkyl halides is 3. The average Bonchev–Trinajstić information content (AvgIpc) is 2.46. The van der Waals surface area contributed by atoms with Gasteiger partial charge in [0.05, 0.1) is 12.6 Å². The maximum absolute atomic E-state index is 13.5. The standard InChI is InChI=1S/C15H17F3N2O3S/c1-3-23-12(21)10-11(9-6-4-8(2)5-7-9)19-13(24)20-14(10,22)15(16,17)18/h4-7,10-11,22H,3H2,1-2H3,(H2,19,20,24)/t10-,11+,14-/m1/s1. The molecule has 0 saturated carbocycles. The first-order valence-electron chi connectivity index (χ1n) is 7.21. The summed E-state index contributed by atoms with van der Waals surface area (Å²) in [7, 11) is 0. The van der Waals surface area contributed by atoms with Crippen molar-refractivity contribution in [3.05, 3.63) is 35.4 Å². The molecule has 1 heterocycles. The van der Waals surface area contributed by atoms with Crippen molar-refractivity contribution in [3.8, 4) is 0 Å². The molecule has 2 rings (SSSR count). The van der Waals surface area contributed by atoms with Crippen LogP contribution in [0.4, 0.5) is 13.2 Å². The minimum absolute atomic E-state index is 0.117. The van der Waals surface area contributed by atoms with Crippen LogP contribution < -0.4 is 10.6 Å². The largest absolute Gasteiger partial charge is 0.466 e. The predicted molar refractivity (Wildman–Crippen MR) is 83.9 cm³/mol. The van der Waals surface area contributed by atoms with Gasteiger partial charge in [0.1, 0.15) is 5.92 Å². The van der Waals surface area contributed by atoms with Crippen LogP contribution in [0.1, 0.15) is 24.1 Å². The van der Waals surface area contributed by atoms with Crippen molar-refractivity contribution in [2.75, 3.05) is 6.61 Å². The predicted octanol–water partition coefficient (Wildman–Crippen LogP) is 1.94. The highest BCUT2D eigenvalue weighted by Crippen LogP contribution is 2.43. The highest BCUT2D eigenvalue weighted by Gasteiger charge is 2.66. The van der Waals surface area contributed by atoms with Gasteiger partial charge in [-0.3, -0.25) is 4.79 Å². The number of nitrogens with one attached hydrogen (secondary N) is 2. The zero-order valence-electron chi connectivity index (χ0n) is 13.0. The van der Waals surface area contributed by atoms with Gasteiger partial charge < -0.3 is 20.5 Å². The van der Waals surface area contributed by atoms with Crippen molar-refractivity contribution in [2.45, 2.75) is 31.8 Å². The van der Waals surface area contributed by atoms with E-state index in [0.717, 1.165) is 5.56 Å². The van der Waals surface area contributed by atoms with Crippen LogP contribution in [0.3, 0.4) is 0 Å². The van der Waals surface area contributed by atoms with E-state index in [0.29, 0.717) is 5.56 Å². The summed E-state index contributed by atoms with van der Waals surface area (Å²) < 4.78 is 45.2. The van der Waals surface area contributed by atoms with Gasteiger partial charge in [0.15, 0.2) is 5.11 Å². The van der Waals surface area contributed by atoms with Crippen LogP contribution in [-0.2, 0) is 9.53 Å². The minimum atomic E-state index is -5.14. The summed E-state index contributed by atoms with van der Waals surface area (Å²) in [5.74, 6) is -3.14. The Bertz CT molecular complexity index is 636. The van der Waals surface area contributed by atoms with E-state index in [9.17, 15) is 23.1 Å². The highest BCUT2D eigenvalue weighted by molar-refractivity contribution is 7.80. The number of hydrogen-bond acceptors (Lipinski definition) is 4. The molecule has 1 aromatic rings. The van der Waals surface area contributed by atoms with E-state index >= 15 is 0 Å². The lowest BCUT2D eigenvalue weighted by Gasteiger charge is -2.45. The van der Waals surface area contributed by atoms with Crippen LogP contribution in [0.25, 0.3) is 0 Å². The second kappa shape index (κ2) is 6.56. The Morgan fingerprint density at radius 3 is 2.46 bits per heavy atom. The Kier molecular flexibility index (Phi) is 5.05. The first-order valence-corrected chi connectivity index (χ1v) is 7.62. The molecule has 1 saturated heterocycles. The topological polar surface area (TPSA) is 70.6 Å². The van der Waals surface area contributed by atoms with Gasteiger partial charge in [-0.25, -0.2) is 0 Å². The number of thiocarbonyl (C=S) groups is 1. The highest BCUT2D eigenvalue weighted by atomic mass is 32.1. The number of aryl methyl sites for hydroxylation is 1. The first kappa shape index (κ1) is 18.5. The molecular formula is C15H17F3N2O3S. The van der Waals surface area contributed by atoms with Gasteiger partial charge >= 0.3 is 12.1 Å². The van der Waals surface area contributed by atoms with E-state index in [-0.39, 0.29) is 6.61 Å². The van der Waals surface area contributed by atoms with Crippen LogP contribution in [0.2, 0.25) is 0 Å². The molecule has 0 bridgehead atoms. The molecule has 0 unspecified atom stereocenters. The van der Waals surface area contributed by atoms with E-state index in [2.05, 4.69) is 5.32 Å². The summed E-state index contributed by atoms with van der Waals surface area (Å²) in [5, 5.41) is 14.3. The number of benzene rings is 1. The van der Waals surface area contributed by atoms with E-state index in [1.807, 2.05) is 6.92 Å². The second-order valence-electron chi connectivity index (χ2n) is 5.48. The SMILES string of the molecule is CCOC(=O)[C@H]1[C@H](c2ccc(C)cc2)NC(=S)N[C@]1(O)C(F)(F)F. The molecule has 3 N–H and O–H groups in total. The molecule has 24 heavy (non-hydrogen) atoms. The molecule has 5 nitrogen and oxygen atoms in total. The smallest absolute Gasteiger partial charge is 0.437 e. The van der Waals surface area contributed by atoms with Gasteiger partial charge in [-0.1, -0.05) is 29.8 Å². The van der Waals surface area contributed by atoms with Gasteiger partial charge in [0, 0.05) is 0 Å². The van der Waals surface area contributed by atoms with Crippen molar-refractivity contribution in [3.63, 3.8) is 0 Å². The Balaban J connectivity index is 2.55. The monoisotopic (exact) mass is 362 g/mol. The maximum Gasteiger partial charge on any atom is 0.437 e.